The minimum Gasteiger partial charge on any atom is -0.380 e. The molecule has 0 bridgehead atoms. The normalized spacial score (nSPS) is 14.8. The van der Waals surface area contributed by atoms with Crippen molar-refractivity contribution in [1.29, 1.82) is 0 Å². The van der Waals surface area contributed by atoms with Crippen molar-refractivity contribution in [2.45, 2.75) is 38.3 Å². The Labute approximate surface area is 103 Å². The van der Waals surface area contributed by atoms with Crippen LogP contribution in [-0.4, -0.2) is 19.3 Å². The van der Waals surface area contributed by atoms with Crippen LogP contribution < -0.4 is 5.73 Å². The quantitative estimate of drug-likeness (QED) is 0.831. The SMILES string of the molecule is CCCC(OC)C(N)Cc1ccccc1Cl. The van der Waals surface area contributed by atoms with E-state index in [1.54, 1.807) is 7.11 Å². The van der Waals surface area contributed by atoms with E-state index >= 15 is 0 Å². The Morgan fingerprint density at radius 3 is 2.62 bits per heavy atom. The van der Waals surface area contributed by atoms with Crippen molar-refractivity contribution in [3.63, 3.8) is 0 Å². The van der Waals surface area contributed by atoms with Gasteiger partial charge in [0.15, 0.2) is 0 Å². The maximum atomic E-state index is 6.13. The molecular formula is C13H20ClNO. The van der Waals surface area contributed by atoms with Gasteiger partial charge in [-0.2, -0.15) is 0 Å². The minimum atomic E-state index is 0.00449. The highest BCUT2D eigenvalue weighted by Gasteiger charge is 2.17. The zero-order chi connectivity index (χ0) is 12.0. The number of hydrogen-bond acceptors (Lipinski definition) is 2. The Morgan fingerprint density at radius 1 is 1.38 bits per heavy atom. The molecule has 1 aromatic rings. The predicted octanol–water partition coefficient (Wildman–Crippen LogP) is 3.02. The highest BCUT2D eigenvalue weighted by Crippen LogP contribution is 2.18. The molecule has 0 amide bonds. The van der Waals surface area contributed by atoms with Crippen molar-refractivity contribution in [3.8, 4) is 0 Å². The summed E-state index contributed by atoms with van der Waals surface area (Å²) >= 11 is 6.10. The standard InChI is InChI=1S/C13H20ClNO/c1-3-6-13(16-2)12(15)9-10-7-4-5-8-11(10)14/h4-5,7-8,12-13H,3,6,9,15H2,1-2H3. The van der Waals surface area contributed by atoms with Crippen LogP contribution in [0.25, 0.3) is 0 Å². The van der Waals surface area contributed by atoms with E-state index in [9.17, 15) is 0 Å². The molecule has 0 aliphatic carbocycles. The number of nitrogens with two attached hydrogens (primary N) is 1. The molecule has 0 aromatic heterocycles. The van der Waals surface area contributed by atoms with E-state index in [0.29, 0.717) is 0 Å². The van der Waals surface area contributed by atoms with Crippen molar-refractivity contribution in [1.82, 2.24) is 0 Å². The topological polar surface area (TPSA) is 35.2 Å². The third kappa shape index (κ3) is 3.78. The van der Waals surface area contributed by atoms with Crippen molar-refractivity contribution >= 4 is 11.6 Å². The van der Waals surface area contributed by atoms with Crippen LogP contribution in [-0.2, 0) is 11.2 Å². The Morgan fingerprint density at radius 2 is 2.06 bits per heavy atom. The number of ether oxygens (including phenoxy) is 1. The summed E-state index contributed by atoms with van der Waals surface area (Å²) in [5, 5.41) is 0.782. The summed E-state index contributed by atoms with van der Waals surface area (Å²) < 4.78 is 5.40. The molecule has 0 fully saturated rings. The van der Waals surface area contributed by atoms with Gasteiger partial charge in [-0.05, 0) is 24.5 Å². The molecule has 0 heterocycles. The summed E-state index contributed by atoms with van der Waals surface area (Å²) in [6, 6.07) is 7.82. The van der Waals surface area contributed by atoms with Crippen molar-refractivity contribution in [3.05, 3.63) is 34.9 Å². The fraction of sp³-hybridized carbons (Fsp3) is 0.538. The lowest BCUT2D eigenvalue weighted by atomic mass is 9.99. The van der Waals surface area contributed by atoms with E-state index in [-0.39, 0.29) is 12.1 Å². The van der Waals surface area contributed by atoms with E-state index in [2.05, 4.69) is 6.92 Å². The van der Waals surface area contributed by atoms with Gasteiger partial charge in [0, 0.05) is 18.2 Å². The lowest BCUT2D eigenvalue weighted by Crippen LogP contribution is -2.38. The van der Waals surface area contributed by atoms with Gasteiger partial charge in [0.25, 0.3) is 0 Å². The monoisotopic (exact) mass is 241 g/mol. The first-order valence-corrected chi connectivity index (χ1v) is 6.08. The van der Waals surface area contributed by atoms with Gasteiger partial charge in [-0.15, -0.1) is 0 Å². The molecular weight excluding hydrogens is 222 g/mol. The van der Waals surface area contributed by atoms with Crippen LogP contribution in [0.15, 0.2) is 24.3 Å². The first-order chi connectivity index (χ1) is 7.69. The highest BCUT2D eigenvalue weighted by atomic mass is 35.5. The van der Waals surface area contributed by atoms with Crippen molar-refractivity contribution in [2.24, 2.45) is 5.73 Å². The summed E-state index contributed by atoms with van der Waals surface area (Å²) in [6.45, 7) is 2.13. The van der Waals surface area contributed by atoms with Gasteiger partial charge in [0.05, 0.1) is 6.10 Å². The average Bonchev–Trinajstić information content (AvgIpc) is 2.29. The third-order valence-electron chi connectivity index (χ3n) is 2.77. The van der Waals surface area contributed by atoms with E-state index < -0.39 is 0 Å². The molecule has 2 unspecified atom stereocenters. The molecule has 90 valence electrons. The highest BCUT2D eigenvalue weighted by molar-refractivity contribution is 6.31. The van der Waals surface area contributed by atoms with Gasteiger partial charge in [-0.3, -0.25) is 0 Å². The van der Waals surface area contributed by atoms with Crippen molar-refractivity contribution in [2.75, 3.05) is 7.11 Å². The van der Waals surface area contributed by atoms with Crippen LogP contribution in [0.2, 0.25) is 5.02 Å². The maximum Gasteiger partial charge on any atom is 0.0725 e. The molecule has 0 aliphatic heterocycles. The molecule has 2 N–H and O–H groups in total. The van der Waals surface area contributed by atoms with Crippen LogP contribution >= 0.6 is 11.6 Å². The summed E-state index contributed by atoms with van der Waals surface area (Å²) in [6.07, 6.45) is 2.94. The first-order valence-electron chi connectivity index (χ1n) is 5.70. The number of rotatable bonds is 6. The van der Waals surface area contributed by atoms with Crippen LogP contribution in [0.3, 0.4) is 0 Å². The number of halogens is 1. The molecule has 0 saturated heterocycles. The molecule has 0 aliphatic rings. The lowest BCUT2D eigenvalue weighted by Gasteiger charge is -2.22. The summed E-state index contributed by atoms with van der Waals surface area (Å²) in [5.41, 5.74) is 7.22. The van der Waals surface area contributed by atoms with E-state index in [4.69, 9.17) is 22.1 Å². The smallest absolute Gasteiger partial charge is 0.0725 e. The molecule has 2 atom stereocenters. The molecule has 3 heteroatoms. The van der Waals surface area contributed by atoms with Gasteiger partial charge in [0.2, 0.25) is 0 Å². The third-order valence-corrected chi connectivity index (χ3v) is 3.14. The van der Waals surface area contributed by atoms with E-state index in [1.165, 1.54) is 0 Å². The second-order valence-electron chi connectivity index (χ2n) is 4.02. The Balaban J connectivity index is 2.62. The molecule has 0 radical (unpaired) electrons. The Hall–Kier alpha value is -0.570. The van der Waals surface area contributed by atoms with Crippen LogP contribution in [0, 0.1) is 0 Å². The van der Waals surface area contributed by atoms with Gasteiger partial charge in [-0.1, -0.05) is 43.1 Å². The van der Waals surface area contributed by atoms with E-state index in [1.807, 2.05) is 24.3 Å². The van der Waals surface area contributed by atoms with Crippen LogP contribution in [0.5, 0.6) is 0 Å². The molecule has 1 aromatic carbocycles. The zero-order valence-corrected chi connectivity index (χ0v) is 10.7. The summed E-state index contributed by atoms with van der Waals surface area (Å²) in [7, 11) is 1.72. The molecule has 0 saturated carbocycles. The van der Waals surface area contributed by atoms with Gasteiger partial charge < -0.3 is 10.5 Å². The van der Waals surface area contributed by atoms with Crippen molar-refractivity contribution < 1.29 is 4.74 Å². The molecule has 16 heavy (non-hydrogen) atoms. The molecule has 1 rings (SSSR count). The second-order valence-corrected chi connectivity index (χ2v) is 4.43. The molecule has 2 nitrogen and oxygen atoms in total. The van der Waals surface area contributed by atoms with Crippen LogP contribution in [0.1, 0.15) is 25.3 Å². The lowest BCUT2D eigenvalue weighted by molar-refractivity contribution is 0.0727. The minimum absolute atomic E-state index is 0.00449. The van der Waals surface area contributed by atoms with Gasteiger partial charge in [-0.25, -0.2) is 0 Å². The van der Waals surface area contributed by atoms with Crippen LogP contribution in [0.4, 0.5) is 0 Å². The summed E-state index contributed by atoms with van der Waals surface area (Å²) in [5.74, 6) is 0. The zero-order valence-electron chi connectivity index (χ0n) is 9.95. The van der Waals surface area contributed by atoms with Gasteiger partial charge >= 0.3 is 0 Å². The maximum absolute atomic E-state index is 6.13. The van der Waals surface area contributed by atoms with E-state index in [0.717, 1.165) is 29.8 Å². The number of hydrogen-bond donors (Lipinski definition) is 1. The Bertz CT molecular complexity index is 317. The molecule has 0 spiro atoms. The fourth-order valence-electron chi connectivity index (χ4n) is 1.84. The summed E-state index contributed by atoms with van der Waals surface area (Å²) in [4.78, 5) is 0. The largest absolute Gasteiger partial charge is 0.380 e. The predicted molar refractivity (Wildman–Crippen MR) is 68.8 cm³/mol. The second kappa shape index (κ2) is 6.89. The number of benzene rings is 1. The van der Waals surface area contributed by atoms with Gasteiger partial charge in [0.1, 0.15) is 0 Å². The first kappa shape index (κ1) is 13.5. The fourth-order valence-corrected chi connectivity index (χ4v) is 2.05. The average molecular weight is 242 g/mol. The number of methoxy groups -OCH3 is 1. The Kier molecular flexibility index (Phi) is 5.81.